The second-order valence-corrected chi connectivity index (χ2v) is 4.35. The third-order valence-corrected chi connectivity index (χ3v) is 3.30. The highest BCUT2D eigenvalue weighted by atomic mass is 35.5. The zero-order valence-electron chi connectivity index (χ0n) is 8.77. The van der Waals surface area contributed by atoms with Gasteiger partial charge in [0.05, 0.1) is 5.02 Å². The number of aromatic nitrogens is 2. The number of rotatable bonds is 0. The van der Waals surface area contributed by atoms with Gasteiger partial charge in [-0.25, -0.2) is 4.98 Å². The number of halogens is 1. The molecule has 0 aliphatic carbocycles. The largest absolute Gasteiger partial charge is 0.339 e. The van der Waals surface area contributed by atoms with E-state index < -0.39 is 0 Å². The molecule has 0 aromatic carbocycles. The molecular formula is C11H10ClN3O. The lowest BCUT2D eigenvalue weighted by Gasteiger charge is -2.24. The molecule has 4 nitrogen and oxygen atoms in total. The lowest BCUT2D eigenvalue weighted by molar-refractivity contribution is 0.0751. The second kappa shape index (κ2) is 3.22. The SMILES string of the molecule is CN1CCn2c(cc3c(Cl)ccnc32)C1=O. The summed E-state index contributed by atoms with van der Waals surface area (Å²) in [6.07, 6.45) is 1.67. The Bertz CT molecular complexity index is 590. The second-order valence-electron chi connectivity index (χ2n) is 3.94. The molecule has 0 fully saturated rings. The molecule has 3 rings (SSSR count). The molecule has 0 saturated carbocycles. The quantitative estimate of drug-likeness (QED) is 0.698. The molecule has 1 aliphatic heterocycles. The van der Waals surface area contributed by atoms with Gasteiger partial charge in [-0.15, -0.1) is 0 Å². The highest BCUT2D eigenvalue weighted by Crippen LogP contribution is 2.27. The van der Waals surface area contributed by atoms with Crippen LogP contribution >= 0.6 is 11.6 Å². The third kappa shape index (κ3) is 1.16. The first-order valence-corrected chi connectivity index (χ1v) is 5.45. The number of carbonyl (C=O) groups is 1. The summed E-state index contributed by atoms with van der Waals surface area (Å²) in [6.45, 7) is 1.48. The number of likely N-dealkylation sites (N-methyl/N-ethyl adjacent to an activating group) is 1. The maximum Gasteiger partial charge on any atom is 0.270 e. The van der Waals surface area contributed by atoms with Crippen molar-refractivity contribution in [2.45, 2.75) is 6.54 Å². The first-order chi connectivity index (χ1) is 7.68. The number of carbonyl (C=O) groups excluding carboxylic acids is 1. The van der Waals surface area contributed by atoms with E-state index in [1.54, 1.807) is 24.2 Å². The van der Waals surface area contributed by atoms with E-state index in [9.17, 15) is 4.79 Å². The molecule has 1 amide bonds. The summed E-state index contributed by atoms with van der Waals surface area (Å²) in [4.78, 5) is 17.9. The fourth-order valence-corrected chi connectivity index (χ4v) is 2.26. The molecule has 0 spiro atoms. The van der Waals surface area contributed by atoms with Crippen molar-refractivity contribution >= 4 is 28.5 Å². The van der Waals surface area contributed by atoms with Gasteiger partial charge in [-0.1, -0.05) is 11.6 Å². The van der Waals surface area contributed by atoms with E-state index in [1.165, 1.54) is 0 Å². The van der Waals surface area contributed by atoms with Crippen molar-refractivity contribution < 1.29 is 4.79 Å². The van der Waals surface area contributed by atoms with Crippen molar-refractivity contribution in [2.24, 2.45) is 0 Å². The van der Waals surface area contributed by atoms with Gasteiger partial charge < -0.3 is 9.47 Å². The van der Waals surface area contributed by atoms with Crippen LogP contribution in [0.15, 0.2) is 18.3 Å². The van der Waals surface area contributed by atoms with E-state index in [0.717, 1.165) is 17.6 Å². The molecule has 2 aromatic rings. The van der Waals surface area contributed by atoms with Crippen LogP contribution in [0.25, 0.3) is 11.0 Å². The molecule has 82 valence electrons. The van der Waals surface area contributed by atoms with Gasteiger partial charge in [0.25, 0.3) is 5.91 Å². The van der Waals surface area contributed by atoms with E-state index in [2.05, 4.69) is 4.98 Å². The maximum absolute atomic E-state index is 11.9. The Labute approximate surface area is 97.4 Å². The van der Waals surface area contributed by atoms with E-state index >= 15 is 0 Å². The highest BCUT2D eigenvalue weighted by Gasteiger charge is 2.24. The Balaban J connectivity index is 2.34. The van der Waals surface area contributed by atoms with E-state index in [4.69, 9.17) is 11.6 Å². The van der Waals surface area contributed by atoms with E-state index in [-0.39, 0.29) is 5.91 Å². The van der Waals surface area contributed by atoms with Crippen molar-refractivity contribution in [3.8, 4) is 0 Å². The van der Waals surface area contributed by atoms with Crippen LogP contribution < -0.4 is 0 Å². The molecule has 16 heavy (non-hydrogen) atoms. The average Bonchev–Trinajstić information content (AvgIpc) is 2.65. The number of nitrogens with zero attached hydrogens (tertiary/aromatic N) is 3. The zero-order valence-corrected chi connectivity index (χ0v) is 9.53. The Hall–Kier alpha value is -1.55. The highest BCUT2D eigenvalue weighted by molar-refractivity contribution is 6.35. The van der Waals surface area contributed by atoms with Gasteiger partial charge in [-0.05, 0) is 12.1 Å². The van der Waals surface area contributed by atoms with Crippen LogP contribution in [0.4, 0.5) is 0 Å². The maximum atomic E-state index is 11.9. The standard InChI is InChI=1S/C11H10ClN3O/c1-14-4-5-15-9(11(14)16)6-7-8(12)2-3-13-10(7)15/h2-3,6H,4-5H2,1H3. The molecule has 5 heteroatoms. The minimum absolute atomic E-state index is 0.0281. The first-order valence-electron chi connectivity index (χ1n) is 5.07. The topological polar surface area (TPSA) is 38.1 Å². The number of hydrogen-bond acceptors (Lipinski definition) is 2. The van der Waals surface area contributed by atoms with Crippen molar-refractivity contribution in [3.63, 3.8) is 0 Å². The van der Waals surface area contributed by atoms with Crippen molar-refractivity contribution in [1.29, 1.82) is 0 Å². The predicted octanol–water partition coefficient (Wildman–Crippen LogP) is 1.78. The van der Waals surface area contributed by atoms with Crippen molar-refractivity contribution in [3.05, 3.63) is 29.0 Å². The third-order valence-electron chi connectivity index (χ3n) is 2.97. The summed E-state index contributed by atoms with van der Waals surface area (Å²) in [5.74, 6) is 0.0281. The Morgan fingerprint density at radius 1 is 1.44 bits per heavy atom. The summed E-state index contributed by atoms with van der Waals surface area (Å²) >= 11 is 6.08. The minimum atomic E-state index is 0.0281. The minimum Gasteiger partial charge on any atom is -0.339 e. The van der Waals surface area contributed by atoms with Gasteiger partial charge in [0.15, 0.2) is 0 Å². The fourth-order valence-electron chi connectivity index (χ4n) is 2.07. The Morgan fingerprint density at radius 3 is 3.06 bits per heavy atom. The van der Waals surface area contributed by atoms with Crippen LogP contribution in [0.5, 0.6) is 0 Å². The van der Waals surface area contributed by atoms with Crippen LogP contribution in [0.2, 0.25) is 5.02 Å². The average molecular weight is 236 g/mol. The lowest BCUT2D eigenvalue weighted by atomic mass is 10.3. The molecule has 0 bridgehead atoms. The van der Waals surface area contributed by atoms with Gasteiger partial charge in [0.1, 0.15) is 11.3 Å². The number of fused-ring (bicyclic) bond motifs is 3. The van der Waals surface area contributed by atoms with Crippen molar-refractivity contribution in [1.82, 2.24) is 14.5 Å². The fraction of sp³-hybridized carbons (Fsp3) is 0.273. The van der Waals surface area contributed by atoms with E-state index in [0.29, 0.717) is 17.3 Å². The summed E-state index contributed by atoms with van der Waals surface area (Å²) in [6, 6.07) is 3.56. The summed E-state index contributed by atoms with van der Waals surface area (Å²) in [7, 11) is 1.80. The first kappa shape index (κ1) is 9.66. The van der Waals surface area contributed by atoms with Crippen LogP contribution in [-0.4, -0.2) is 34.0 Å². The molecule has 0 unspecified atom stereocenters. The Morgan fingerprint density at radius 2 is 2.25 bits per heavy atom. The monoisotopic (exact) mass is 235 g/mol. The smallest absolute Gasteiger partial charge is 0.270 e. The molecular weight excluding hydrogens is 226 g/mol. The summed E-state index contributed by atoms with van der Waals surface area (Å²) < 4.78 is 1.93. The summed E-state index contributed by atoms with van der Waals surface area (Å²) in [5.41, 5.74) is 1.47. The van der Waals surface area contributed by atoms with Crippen LogP contribution in [0, 0.1) is 0 Å². The van der Waals surface area contributed by atoms with Gasteiger partial charge in [-0.3, -0.25) is 4.79 Å². The molecule has 3 heterocycles. The van der Waals surface area contributed by atoms with Crippen LogP contribution in [-0.2, 0) is 6.54 Å². The molecule has 2 aromatic heterocycles. The normalized spacial score (nSPS) is 15.6. The van der Waals surface area contributed by atoms with Crippen molar-refractivity contribution in [2.75, 3.05) is 13.6 Å². The lowest BCUT2D eigenvalue weighted by Crippen LogP contribution is -2.36. The Kier molecular flexibility index (Phi) is 1.94. The number of hydrogen-bond donors (Lipinski definition) is 0. The number of pyridine rings is 1. The predicted molar refractivity (Wildman–Crippen MR) is 61.7 cm³/mol. The van der Waals surface area contributed by atoms with Gasteiger partial charge >= 0.3 is 0 Å². The molecule has 0 N–H and O–H groups in total. The zero-order chi connectivity index (χ0) is 11.3. The summed E-state index contributed by atoms with van der Waals surface area (Å²) in [5, 5.41) is 1.49. The van der Waals surface area contributed by atoms with Gasteiger partial charge in [0, 0.05) is 31.7 Å². The van der Waals surface area contributed by atoms with Crippen LogP contribution in [0.1, 0.15) is 10.5 Å². The van der Waals surface area contributed by atoms with Gasteiger partial charge in [-0.2, -0.15) is 0 Å². The molecule has 0 radical (unpaired) electrons. The molecule has 0 saturated heterocycles. The number of amides is 1. The van der Waals surface area contributed by atoms with Gasteiger partial charge in [0.2, 0.25) is 0 Å². The molecule has 0 atom stereocenters. The van der Waals surface area contributed by atoms with E-state index in [1.807, 2.05) is 10.6 Å². The van der Waals surface area contributed by atoms with Crippen LogP contribution in [0.3, 0.4) is 0 Å². The molecule has 1 aliphatic rings.